The SMILES string of the molecule is CCC(C)C(NC(=O)OC(C)(C)C)C(=O)N(C(C(=O)Nc1ccccc1C)c1ccccc1C)C(C)(C)C. The largest absolute Gasteiger partial charge is 0.444 e. The van der Waals surface area contributed by atoms with Crippen molar-refractivity contribution in [1.29, 1.82) is 0 Å². The van der Waals surface area contributed by atoms with Crippen molar-refractivity contribution >= 4 is 23.6 Å². The van der Waals surface area contributed by atoms with Gasteiger partial charge in [0.15, 0.2) is 0 Å². The normalized spacial score (nSPS) is 14.2. The highest BCUT2D eigenvalue weighted by atomic mass is 16.6. The van der Waals surface area contributed by atoms with Gasteiger partial charge in [-0.05, 0) is 84.1 Å². The third kappa shape index (κ3) is 8.07. The van der Waals surface area contributed by atoms with E-state index in [2.05, 4.69) is 10.6 Å². The minimum absolute atomic E-state index is 0.197. The van der Waals surface area contributed by atoms with Crippen LogP contribution >= 0.6 is 0 Å². The lowest BCUT2D eigenvalue weighted by Gasteiger charge is -2.44. The van der Waals surface area contributed by atoms with Crippen molar-refractivity contribution in [2.45, 2.75) is 98.9 Å². The third-order valence-electron chi connectivity index (χ3n) is 6.50. The van der Waals surface area contributed by atoms with Crippen molar-refractivity contribution in [1.82, 2.24) is 10.2 Å². The van der Waals surface area contributed by atoms with E-state index in [-0.39, 0.29) is 17.7 Å². The van der Waals surface area contributed by atoms with Gasteiger partial charge in [0.2, 0.25) is 5.91 Å². The molecule has 7 heteroatoms. The van der Waals surface area contributed by atoms with Crippen LogP contribution in [0.15, 0.2) is 48.5 Å². The van der Waals surface area contributed by atoms with Crippen LogP contribution in [0.1, 0.15) is 84.5 Å². The van der Waals surface area contributed by atoms with E-state index in [0.29, 0.717) is 12.1 Å². The molecule has 7 nitrogen and oxygen atoms in total. The number of benzene rings is 2. The topological polar surface area (TPSA) is 87.7 Å². The van der Waals surface area contributed by atoms with E-state index >= 15 is 0 Å². The van der Waals surface area contributed by atoms with Gasteiger partial charge in [-0.25, -0.2) is 4.79 Å². The van der Waals surface area contributed by atoms with E-state index in [9.17, 15) is 14.4 Å². The number of carbonyl (C=O) groups is 3. The van der Waals surface area contributed by atoms with E-state index in [1.165, 1.54) is 0 Å². The first-order chi connectivity index (χ1) is 17.6. The minimum atomic E-state index is -0.935. The summed E-state index contributed by atoms with van der Waals surface area (Å²) in [7, 11) is 0. The summed E-state index contributed by atoms with van der Waals surface area (Å²) in [6.07, 6.45) is -0.0175. The van der Waals surface area contributed by atoms with Crippen LogP contribution in [0.2, 0.25) is 0 Å². The van der Waals surface area contributed by atoms with Crippen molar-refractivity contribution < 1.29 is 19.1 Å². The Hall–Kier alpha value is -3.35. The summed E-state index contributed by atoms with van der Waals surface area (Å²) in [5.41, 5.74) is 1.74. The highest BCUT2D eigenvalue weighted by Crippen LogP contribution is 2.34. The van der Waals surface area contributed by atoms with E-state index in [4.69, 9.17) is 4.74 Å². The number of nitrogens with one attached hydrogen (secondary N) is 2. The Labute approximate surface area is 228 Å². The van der Waals surface area contributed by atoms with Crippen molar-refractivity contribution in [3.63, 3.8) is 0 Å². The van der Waals surface area contributed by atoms with Gasteiger partial charge in [-0.1, -0.05) is 62.7 Å². The van der Waals surface area contributed by atoms with Crippen molar-refractivity contribution in [3.05, 3.63) is 65.2 Å². The van der Waals surface area contributed by atoms with Crippen LogP contribution in [-0.2, 0) is 14.3 Å². The molecule has 3 unspecified atom stereocenters. The number of hydrogen-bond acceptors (Lipinski definition) is 4. The van der Waals surface area contributed by atoms with Crippen LogP contribution < -0.4 is 10.6 Å². The van der Waals surface area contributed by atoms with Crippen molar-refractivity contribution in [2.24, 2.45) is 5.92 Å². The van der Waals surface area contributed by atoms with Crippen LogP contribution in [0.3, 0.4) is 0 Å². The standard InChI is InChI=1S/C31H45N3O4/c1-11-20(2)25(33-29(37)38-31(8,9)10)28(36)34(30(5,6)7)26(23-18-14-12-16-21(23)3)27(35)32-24-19-15-13-17-22(24)4/h12-20,25-26H,11H2,1-10H3,(H,32,35)(H,33,37). The molecule has 0 fully saturated rings. The van der Waals surface area contributed by atoms with Crippen LogP contribution in [0.4, 0.5) is 10.5 Å². The van der Waals surface area contributed by atoms with Gasteiger partial charge < -0.3 is 20.3 Å². The molecule has 0 aliphatic rings. The lowest BCUT2D eigenvalue weighted by molar-refractivity contribution is -0.148. The van der Waals surface area contributed by atoms with E-state index in [1.54, 1.807) is 25.7 Å². The number of anilines is 1. The Kier molecular flexibility index (Phi) is 10.1. The summed E-state index contributed by atoms with van der Waals surface area (Å²) in [6, 6.07) is 13.3. The Balaban J connectivity index is 2.63. The molecule has 0 bridgehead atoms. The van der Waals surface area contributed by atoms with Gasteiger partial charge in [0.1, 0.15) is 17.7 Å². The third-order valence-corrected chi connectivity index (χ3v) is 6.50. The predicted octanol–water partition coefficient (Wildman–Crippen LogP) is 6.55. The molecule has 0 saturated heterocycles. The molecule has 2 N–H and O–H groups in total. The number of hydrogen-bond donors (Lipinski definition) is 2. The Bertz CT molecular complexity index is 1130. The summed E-state index contributed by atoms with van der Waals surface area (Å²) in [6.45, 7) is 18.8. The molecule has 0 radical (unpaired) electrons. The lowest BCUT2D eigenvalue weighted by Crippen LogP contribution is -2.59. The van der Waals surface area contributed by atoms with Crippen LogP contribution in [0.25, 0.3) is 0 Å². The molecule has 2 rings (SSSR count). The van der Waals surface area contributed by atoms with Crippen molar-refractivity contribution in [2.75, 3.05) is 5.32 Å². The number of nitrogens with zero attached hydrogens (tertiary/aromatic N) is 1. The van der Waals surface area contributed by atoms with E-state index < -0.39 is 29.3 Å². The van der Waals surface area contributed by atoms with Gasteiger partial charge in [-0.15, -0.1) is 0 Å². The number of rotatable bonds is 8. The van der Waals surface area contributed by atoms with Gasteiger partial charge in [0.25, 0.3) is 5.91 Å². The Morgan fingerprint density at radius 3 is 1.95 bits per heavy atom. The zero-order valence-corrected chi connectivity index (χ0v) is 24.6. The van der Waals surface area contributed by atoms with Gasteiger partial charge >= 0.3 is 6.09 Å². The molecule has 0 aliphatic heterocycles. The smallest absolute Gasteiger partial charge is 0.408 e. The molecule has 0 spiro atoms. The van der Waals surface area contributed by atoms with Crippen LogP contribution in [0.5, 0.6) is 0 Å². The zero-order chi connectivity index (χ0) is 28.8. The summed E-state index contributed by atoms with van der Waals surface area (Å²) >= 11 is 0. The van der Waals surface area contributed by atoms with E-state index in [1.807, 2.05) is 97.0 Å². The molecular formula is C31H45N3O4. The first-order valence-corrected chi connectivity index (χ1v) is 13.3. The molecule has 38 heavy (non-hydrogen) atoms. The average Bonchev–Trinajstić information content (AvgIpc) is 2.80. The molecule has 0 aliphatic carbocycles. The first kappa shape index (κ1) is 30.9. The minimum Gasteiger partial charge on any atom is -0.444 e. The molecule has 3 atom stereocenters. The second kappa shape index (κ2) is 12.5. The Morgan fingerprint density at radius 1 is 0.895 bits per heavy atom. The maximum Gasteiger partial charge on any atom is 0.408 e. The highest BCUT2D eigenvalue weighted by molar-refractivity contribution is 6.00. The average molecular weight is 524 g/mol. The fourth-order valence-corrected chi connectivity index (χ4v) is 4.32. The number of ether oxygens (including phenoxy) is 1. The number of para-hydroxylation sites is 1. The van der Waals surface area contributed by atoms with Crippen molar-refractivity contribution in [3.8, 4) is 0 Å². The fraction of sp³-hybridized carbons (Fsp3) is 0.516. The molecule has 208 valence electrons. The Morgan fingerprint density at radius 2 is 1.45 bits per heavy atom. The molecule has 0 heterocycles. The maximum atomic E-state index is 14.4. The second-order valence-electron chi connectivity index (χ2n) is 12.0. The maximum absolute atomic E-state index is 14.4. The summed E-state index contributed by atoms with van der Waals surface area (Å²) in [5, 5.41) is 5.86. The number of amides is 3. The fourth-order valence-electron chi connectivity index (χ4n) is 4.32. The van der Waals surface area contributed by atoms with Crippen LogP contribution in [-0.4, -0.2) is 40.0 Å². The molecule has 2 aromatic rings. The van der Waals surface area contributed by atoms with Gasteiger partial charge in [0.05, 0.1) is 0 Å². The molecule has 0 saturated carbocycles. The number of carbonyl (C=O) groups excluding carboxylic acids is 3. The summed E-state index contributed by atoms with van der Waals surface area (Å²) < 4.78 is 5.48. The number of aryl methyl sites for hydroxylation is 2. The lowest BCUT2D eigenvalue weighted by atomic mass is 9.90. The number of alkyl carbamates (subject to hydrolysis) is 1. The van der Waals surface area contributed by atoms with Crippen LogP contribution in [0, 0.1) is 19.8 Å². The van der Waals surface area contributed by atoms with Gasteiger partial charge in [0, 0.05) is 11.2 Å². The highest BCUT2D eigenvalue weighted by Gasteiger charge is 2.43. The monoisotopic (exact) mass is 523 g/mol. The van der Waals surface area contributed by atoms with Gasteiger partial charge in [-0.3, -0.25) is 9.59 Å². The second-order valence-corrected chi connectivity index (χ2v) is 12.0. The van der Waals surface area contributed by atoms with E-state index in [0.717, 1.165) is 16.7 Å². The first-order valence-electron chi connectivity index (χ1n) is 13.3. The quantitative estimate of drug-likeness (QED) is 0.411. The molecular weight excluding hydrogens is 478 g/mol. The predicted molar refractivity (Wildman–Crippen MR) is 153 cm³/mol. The zero-order valence-electron chi connectivity index (χ0n) is 24.6. The van der Waals surface area contributed by atoms with Gasteiger partial charge in [-0.2, -0.15) is 0 Å². The molecule has 0 aromatic heterocycles. The summed E-state index contributed by atoms with van der Waals surface area (Å²) in [5.74, 6) is -0.861. The molecule has 3 amide bonds. The summed E-state index contributed by atoms with van der Waals surface area (Å²) in [4.78, 5) is 42.9. The molecule has 2 aromatic carbocycles.